The number of urea groups is 1. The molecule has 230 valence electrons. The quantitative estimate of drug-likeness (QED) is 0.142. The third-order valence-electron chi connectivity index (χ3n) is 7.96. The van der Waals surface area contributed by atoms with Crippen LogP contribution in [0.3, 0.4) is 0 Å². The van der Waals surface area contributed by atoms with Crippen LogP contribution in [0.1, 0.15) is 22.3 Å². The molecule has 7 rings (SSSR count). The highest BCUT2D eigenvalue weighted by Gasteiger charge is 2.36. The molecule has 3 heterocycles. The molecule has 1 aliphatic heterocycles. The fraction of sp³-hybridized carbons (Fsp3) is 0.114. The number of aliphatic hydroxyl groups excluding tert-OH is 2. The van der Waals surface area contributed by atoms with Gasteiger partial charge >= 0.3 is 15.8 Å². The van der Waals surface area contributed by atoms with E-state index in [-0.39, 0.29) is 58.6 Å². The number of thiazole rings is 2. The van der Waals surface area contributed by atoms with E-state index < -0.39 is 6.03 Å². The predicted molar refractivity (Wildman–Crippen MR) is 181 cm³/mol. The smallest absolute Gasteiger partial charge is 0.329 e. The first-order valence-corrected chi connectivity index (χ1v) is 16.2. The Kier molecular flexibility index (Phi) is 7.77. The second-order valence-electron chi connectivity index (χ2n) is 11.1. The molecule has 0 bridgehead atoms. The monoisotopic (exact) mass is 648 g/mol. The molecule has 1 aliphatic rings. The predicted octanol–water partition coefficient (Wildman–Crippen LogP) is 6.96. The van der Waals surface area contributed by atoms with Crippen molar-refractivity contribution in [3.63, 3.8) is 0 Å². The lowest BCUT2D eigenvalue weighted by Crippen LogP contribution is -2.41. The Morgan fingerprint density at radius 2 is 0.957 bits per heavy atom. The van der Waals surface area contributed by atoms with Crippen LogP contribution < -0.4 is 9.75 Å². The van der Waals surface area contributed by atoms with Crippen molar-refractivity contribution >= 4 is 49.1 Å². The van der Waals surface area contributed by atoms with Crippen LogP contribution >= 0.6 is 22.7 Å². The van der Waals surface area contributed by atoms with Crippen molar-refractivity contribution in [3.05, 3.63) is 162 Å². The summed E-state index contributed by atoms with van der Waals surface area (Å²) in [6.07, 6.45) is 0.350. The maximum atomic E-state index is 14.8. The average Bonchev–Trinajstić information content (AvgIpc) is 3.62. The van der Waals surface area contributed by atoms with Gasteiger partial charge in [0, 0.05) is 12.8 Å². The van der Waals surface area contributed by atoms with Crippen LogP contribution in [0.15, 0.2) is 130 Å². The molecule has 0 unspecified atom stereocenters. The van der Waals surface area contributed by atoms with Crippen molar-refractivity contribution in [1.82, 2.24) is 19.8 Å². The topological polar surface area (TPSA) is 130 Å². The van der Waals surface area contributed by atoms with Gasteiger partial charge in [-0.1, -0.05) is 95.5 Å². The first kappa shape index (κ1) is 29.3. The molecule has 4 N–H and O–H groups in total. The van der Waals surface area contributed by atoms with E-state index in [1.165, 1.54) is 9.80 Å². The van der Waals surface area contributed by atoms with Crippen molar-refractivity contribution in [2.75, 3.05) is 0 Å². The summed E-state index contributed by atoms with van der Waals surface area (Å²) in [4.78, 5) is 47.2. The number of nitrogens with one attached hydrogen (secondary N) is 2. The van der Waals surface area contributed by atoms with Gasteiger partial charge in [-0.3, -0.25) is 19.4 Å². The Labute approximate surface area is 270 Å². The zero-order chi connectivity index (χ0) is 31.8. The van der Waals surface area contributed by atoms with Gasteiger partial charge in [-0.25, -0.2) is 4.79 Å². The summed E-state index contributed by atoms with van der Waals surface area (Å²) in [7, 11) is 0. The number of benzene rings is 4. The highest BCUT2D eigenvalue weighted by molar-refractivity contribution is 7.16. The highest BCUT2D eigenvalue weighted by atomic mass is 32.1. The fourth-order valence-corrected chi connectivity index (χ4v) is 7.16. The number of H-pyrrole nitrogens is 2. The Morgan fingerprint density at radius 3 is 1.37 bits per heavy atom. The maximum absolute atomic E-state index is 14.8. The van der Waals surface area contributed by atoms with Crippen molar-refractivity contribution in [1.29, 1.82) is 0 Å². The zero-order valence-electron chi connectivity index (χ0n) is 24.4. The van der Waals surface area contributed by atoms with Gasteiger partial charge in [0.1, 0.15) is 0 Å². The van der Waals surface area contributed by atoms with Crippen LogP contribution in [0.4, 0.5) is 4.79 Å². The number of aromatic amines is 2. The number of aliphatic hydroxyl groups is 2. The zero-order valence-corrected chi connectivity index (χ0v) is 26.0. The first-order valence-electron chi connectivity index (χ1n) is 14.6. The van der Waals surface area contributed by atoms with E-state index in [2.05, 4.69) is 9.97 Å². The van der Waals surface area contributed by atoms with Gasteiger partial charge in [-0.15, -0.1) is 0 Å². The number of carbonyl (C=O) groups is 1. The molecule has 2 amide bonds. The number of rotatable bonds is 8. The Morgan fingerprint density at radius 1 is 0.543 bits per heavy atom. The van der Waals surface area contributed by atoms with Gasteiger partial charge in [0.15, 0.2) is 11.5 Å². The third-order valence-corrected chi connectivity index (χ3v) is 9.69. The number of nitrogens with zero attached hydrogens (tertiary/aromatic N) is 2. The minimum atomic E-state index is -0.440. The number of hydrogen-bond acceptors (Lipinski definition) is 7. The van der Waals surface area contributed by atoms with Crippen LogP contribution in [0, 0.1) is 0 Å². The highest BCUT2D eigenvalue weighted by Crippen LogP contribution is 2.33. The molecule has 2 aromatic heterocycles. The van der Waals surface area contributed by atoms with Crippen LogP contribution in [0.25, 0.3) is 20.4 Å². The molecule has 11 heteroatoms. The SMILES string of the molecule is O=C1N(Cc2ccc3sc(=O)[nH]c3c2)C(Cc2ccccc2)=C(O)C(O)=C(Cc2ccccc2)N1Cc1ccc2sc(=O)[nH]c2c1. The summed E-state index contributed by atoms with van der Waals surface area (Å²) >= 11 is 2.22. The molecule has 46 heavy (non-hydrogen) atoms. The van der Waals surface area contributed by atoms with Crippen molar-refractivity contribution in [3.8, 4) is 0 Å². The van der Waals surface area contributed by atoms with Crippen molar-refractivity contribution in [2.24, 2.45) is 0 Å². The van der Waals surface area contributed by atoms with E-state index in [0.29, 0.717) is 11.0 Å². The van der Waals surface area contributed by atoms with E-state index in [0.717, 1.165) is 54.3 Å². The lowest BCUT2D eigenvalue weighted by molar-refractivity contribution is 0.171. The normalized spacial score (nSPS) is 14.1. The minimum Gasteiger partial charge on any atom is -0.503 e. The molecule has 0 saturated heterocycles. The molecular weight excluding hydrogens is 621 g/mol. The van der Waals surface area contributed by atoms with Crippen LogP contribution in [0.2, 0.25) is 0 Å². The molecule has 0 atom stereocenters. The third kappa shape index (κ3) is 5.85. The van der Waals surface area contributed by atoms with Gasteiger partial charge in [-0.05, 0) is 46.5 Å². The fourth-order valence-electron chi connectivity index (χ4n) is 5.73. The van der Waals surface area contributed by atoms with E-state index in [1.54, 1.807) is 0 Å². The number of allylic oxidation sites excluding steroid dienone is 2. The molecule has 0 fully saturated rings. The molecule has 6 aromatic rings. The van der Waals surface area contributed by atoms with Gasteiger partial charge in [0.25, 0.3) is 0 Å². The number of aromatic nitrogens is 2. The maximum Gasteiger partial charge on any atom is 0.329 e. The van der Waals surface area contributed by atoms with E-state index in [4.69, 9.17) is 0 Å². The summed E-state index contributed by atoms with van der Waals surface area (Å²) in [5, 5.41) is 23.5. The number of hydrogen-bond donors (Lipinski definition) is 4. The lowest BCUT2D eigenvalue weighted by atomic mass is 10.0. The second kappa shape index (κ2) is 12.2. The van der Waals surface area contributed by atoms with Crippen molar-refractivity contribution < 1.29 is 15.0 Å². The van der Waals surface area contributed by atoms with E-state index in [1.807, 2.05) is 97.1 Å². The number of carbonyl (C=O) groups excluding carboxylic acids is 1. The summed E-state index contributed by atoms with van der Waals surface area (Å²) in [6.45, 7) is 0.135. The van der Waals surface area contributed by atoms with E-state index >= 15 is 0 Å². The van der Waals surface area contributed by atoms with Gasteiger partial charge in [0.05, 0.1) is 44.9 Å². The van der Waals surface area contributed by atoms with Gasteiger partial charge in [-0.2, -0.15) is 0 Å². The first-order chi connectivity index (χ1) is 22.3. The average molecular weight is 649 g/mol. The van der Waals surface area contributed by atoms with Crippen LogP contribution in [-0.2, 0) is 25.9 Å². The molecular formula is C35H28N4O5S2. The van der Waals surface area contributed by atoms with Gasteiger partial charge in [0.2, 0.25) is 0 Å². The molecule has 0 aliphatic carbocycles. The van der Waals surface area contributed by atoms with Crippen molar-refractivity contribution in [2.45, 2.75) is 25.9 Å². The lowest BCUT2D eigenvalue weighted by Gasteiger charge is -2.31. The van der Waals surface area contributed by atoms with Crippen LogP contribution in [-0.4, -0.2) is 36.0 Å². The van der Waals surface area contributed by atoms with E-state index in [9.17, 15) is 24.6 Å². The van der Waals surface area contributed by atoms with Gasteiger partial charge < -0.3 is 20.2 Å². The number of amides is 2. The second-order valence-corrected chi connectivity index (χ2v) is 13.1. The standard InChI is InChI=1S/C35H28N4O5S2/c40-31-27(17-21-7-3-1-4-8-21)38(19-23-11-13-29-25(15-23)36-33(42)45-29)35(44)39(28(32(31)41)18-22-9-5-2-6-10-22)20-24-12-14-30-26(16-24)37-34(43)46-30/h1-16,40-41H,17-20H2,(H,36,42)(H,37,43). The minimum absolute atomic E-state index is 0.0676. The van der Waals surface area contributed by atoms with Crippen LogP contribution in [0.5, 0.6) is 0 Å². The number of fused-ring (bicyclic) bond motifs is 2. The summed E-state index contributed by atoms with van der Waals surface area (Å²) < 4.78 is 1.60. The molecule has 0 radical (unpaired) electrons. The Bertz CT molecular complexity index is 2110. The summed E-state index contributed by atoms with van der Waals surface area (Å²) in [6, 6.07) is 29.5. The summed E-state index contributed by atoms with van der Waals surface area (Å²) in [5.41, 5.74) is 4.97. The molecule has 0 spiro atoms. The Balaban J connectivity index is 1.36. The Hall–Kier alpha value is -5.39. The molecule has 9 nitrogen and oxygen atoms in total. The molecule has 0 saturated carbocycles. The molecule has 4 aromatic carbocycles. The largest absolute Gasteiger partial charge is 0.503 e. The summed E-state index contributed by atoms with van der Waals surface area (Å²) in [5.74, 6) is -0.762.